The zero-order chi connectivity index (χ0) is 11.1. The highest BCUT2D eigenvalue weighted by Crippen LogP contribution is 2.41. The number of benzene rings is 1. The summed E-state index contributed by atoms with van der Waals surface area (Å²) in [5.74, 6) is 0. The van der Waals surface area contributed by atoms with Crippen LogP contribution in [0.2, 0.25) is 0 Å². The first-order chi connectivity index (χ1) is 6.98. The highest BCUT2D eigenvalue weighted by Gasteiger charge is 2.47. The minimum absolute atomic E-state index is 0.220. The van der Waals surface area contributed by atoms with Crippen LogP contribution in [-0.4, -0.2) is 16.7 Å². The maximum atomic E-state index is 13.1. The molecule has 1 aromatic carbocycles. The fourth-order valence-corrected chi connectivity index (χ4v) is 2.35. The van der Waals surface area contributed by atoms with Crippen molar-refractivity contribution in [1.29, 1.82) is 0 Å². The van der Waals surface area contributed by atoms with E-state index in [9.17, 15) is 17.7 Å². The number of fused-ring (bicyclic) bond motifs is 1. The molecule has 0 aliphatic carbocycles. The van der Waals surface area contributed by atoms with E-state index in [-0.39, 0.29) is 10.9 Å². The highest BCUT2D eigenvalue weighted by molar-refractivity contribution is 7.97. The van der Waals surface area contributed by atoms with Crippen LogP contribution in [0.25, 0.3) is 0 Å². The van der Waals surface area contributed by atoms with E-state index in [0.717, 1.165) is 0 Å². The van der Waals surface area contributed by atoms with Gasteiger partial charge in [-0.3, -0.25) is 0 Å². The lowest BCUT2D eigenvalue weighted by atomic mass is 10.1. The van der Waals surface area contributed by atoms with Crippen molar-refractivity contribution >= 4 is 11.9 Å². The zero-order valence-electron chi connectivity index (χ0n) is 7.46. The molecule has 82 valence electrons. The average Bonchev–Trinajstić information content (AvgIpc) is 2.15. The third-order valence-electron chi connectivity index (χ3n) is 2.19. The molecule has 0 radical (unpaired) electrons. The average molecular weight is 237 g/mol. The van der Waals surface area contributed by atoms with E-state index >= 15 is 0 Å². The SMILES string of the molecule is FN1Sc2ccccc2CC1C(F)(F)F. The smallest absolute Gasteiger partial charge is 0.169 e. The summed E-state index contributed by atoms with van der Waals surface area (Å²) in [6.45, 7) is 0. The summed E-state index contributed by atoms with van der Waals surface area (Å²) in [7, 11) is 0. The Balaban J connectivity index is 2.30. The third kappa shape index (κ3) is 2.10. The predicted octanol–water partition coefficient (Wildman–Crippen LogP) is 3.37. The number of halogens is 4. The summed E-state index contributed by atoms with van der Waals surface area (Å²) in [4.78, 5) is 0.542. The van der Waals surface area contributed by atoms with Gasteiger partial charge in [-0.25, -0.2) is 0 Å². The molecule has 1 unspecified atom stereocenters. The fourth-order valence-electron chi connectivity index (χ4n) is 1.43. The normalized spacial score (nSPS) is 22.5. The second-order valence-electron chi connectivity index (χ2n) is 3.23. The van der Waals surface area contributed by atoms with Crippen molar-refractivity contribution in [3.05, 3.63) is 29.8 Å². The van der Waals surface area contributed by atoms with Crippen molar-refractivity contribution in [1.82, 2.24) is 4.53 Å². The van der Waals surface area contributed by atoms with Crippen LogP contribution in [0.3, 0.4) is 0 Å². The molecule has 0 spiro atoms. The van der Waals surface area contributed by atoms with Crippen LogP contribution < -0.4 is 0 Å². The fraction of sp³-hybridized carbons (Fsp3) is 0.333. The molecule has 1 aliphatic rings. The van der Waals surface area contributed by atoms with Gasteiger partial charge in [0.1, 0.15) is 0 Å². The monoisotopic (exact) mass is 237 g/mol. The van der Waals surface area contributed by atoms with Gasteiger partial charge in [0.25, 0.3) is 0 Å². The topological polar surface area (TPSA) is 3.24 Å². The standard InChI is InChI=1S/C9H7F4NS/c10-9(11,12)8-5-6-3-1-2-4-7(6)15-14(8)13/h1-4,8H,5H2. The maximum Gasteiger partial charge on any atom is 0.407 e. The van der Waals surface area contributed by atoms with Gasteiger partial charge < -0.3 is 0 Å². The lowest BCUT2D eigenvalue weighted by molar-refractivity contribution is -0.192. The molecule has 0 bridgehead atoms. The van der Waals surface area contributed by atoms with E-state index < -0.39 is 12.2 Å². The van der Waals surface area contributed by atoms with E-state index in [2.05, 4.69) is 0 Å². The van der Waals surface area contributed by atoms with Crippen LogP contribution in [0, 0.1) is 0 Å². The summed E-state index contributed by atoms with van der Waals surface area (Å²) in [5, 5.41) is 0. The molecule has 15 heavy (non-hydrogen) atoms. The molecule has 6 heteroatoms. The van der Waals surface area contributed by atoms with E-state index in [0.29, 0.717) is 22.4 Å². The van der Waals surface area contributed by atoms with Gasteiger partial charge in [0.05, 0.1) is 0 Å². The van der Waals surface area contributed by atoms with Gasteiger partial charge in [0.2, 0.25) is 0 Å². The Morgan fingerprint density at radius 1 is 1.27 bits per heavy atom. The Bertz CT molecular complexity index is 365. The van der Waals surface area contributed by atoms with Gasteiger partial charge in [0, 0.05) is 11.3 Å². The highest BCUT2D eigenvalue weighted by atomic mass is 32.2. The first-order valence-electron chi connectivity index (χ1n) is 4.26. The number of hydrogen-bond acceptors (Lipinski definition) is 2. The van der Waals surface area contributed by atoms with Gasteiger partial charge in [-0.15, -0.1) is 4.48 Å². The van der Waals surface area contributed by atoms with Gasteiger partial charge in [0.15, 0.2) is 6.04 Å². The Morgan fingerprint density at radius 3 is 2.60 bits per heavy atom. The largest absolute Gasteiger partial charge is 0.407 e. The molecule has 0 amide bonds. The number of nitrogens with zero attached hydrogens (tertiary/aromatic N) is 1. The molecule has 0 saturated carbocycles. The number of hydrogen-bond donors (Lipinski definition) is 0. The molecule has 1 aliphatic heterocycles. The maximum absolute atomic E-state index is 13.1. The van der Waals surface area contributed by atoms with Crippen molar-refractivity contribution < 1.29 is 17.7 Å². The molecule has 0 aromatic heterocycles. The van der Waals surface area contributed by atoms with Crippen LogP contribution in [0.1, 0.15) is 5.56 Å². The van der Waals surface area contributed by atoms with E-state index in [1.54, 1.807) is 24.3 Å². The first kappa shape index (κ1) is 10.8. The van der Waals surface area contributed by atoms with Crippen LogP contribution in [0.15, 0.2) is 29.2 Å². The van der Waals surface area contributed by atoms with Gasteiger partial charge >= 0.3 is 6.18 Å². The van der Waals surface area contributed by atoms with Crippen molar-refractivity contribution in [3.8, 4) is 0 Å². The molecule has 0 saturated heterocycles. The number of rotatable bonds is 0. The predicted molar refractivity (Wildman–Crippen MR) is 48.8 cm³/mol. The summed E-state index contributed by atoms with van der Waals surface area (Å²) in [5.41, 5.74) is 0.540. The molecule has 1 aromatic rings. The van der Waals surface area contributed by atoms with Crippen molar-refractivity contribution in [3.63, 3.8) is 0 Å². The van der Waals surface area contributed by atoms with Gasteiger partial charge in [-0.1, -0.05) is 22.7 Å². The summed E-state index contributed by atoms with van der Waals surface area (Å²) < 4.78 is 50.1. The molecule has 0 fully saturated rings. The van der Waals surface area contributed by atoms with Gasteiger partial charge in [-0.05, 0) is 23.6 Å². The number of alkyl halides is 3. The molecule has 1 atom stereocenters. The Hall–Kier alpha value is -0.750. The van der Waals surface area contributed by atoms with Crippen molar-refractivity contribution in [2.75, 3.05) is 0 Å². The van der Waals surface area contributed by atoms with Crippen LogP contribution in [0.5, 0.6) is 0 Å². The molecular weight excluding hydrogens is 230 g/mol. The van der Waals surface area contributed by atoms with Crippen molar-refractivity contribution in [2.24, 2.45) is 0 Å². The molecule has 1 nitrogen and oxygen atoms in total. The van der Waals surface area contributed by atoms with Crippen LogP contribution >= 0.6 is 11.9 Å². The lowest BCUT2D eigenvalue weighted by Crippen LogP contribution is -2.41. The molecular formula is C9H7F4NS. The minimum Gasteiger partial charge on any atom is -0.169 e. The minimum atomic E-state index is -4.53. The molecule has 2 rings (SSSR count). The summed E-state index contributed by atoms with van der Waals surface area (Å²) in [6, 6.07) is 4.49. The Labute approximate surface area is 88.1 Å². The zero-order valence-corrected chi connectivity index (χ0v) is 8.28. The summed E-state index contributed by atoms with van der Waals surface area (Å²) >= 11 is 0.493. The van der Waals surface area contributed by atoms with Crippen LogP contribution in [0.4, 0.5) is 17.7 Å². The quantitative estimate of drug-likeness (QED) is 0.386. The Kier molecular flexibility index (Phi) is 2.64. The third-order valence-corrected chi connectivity index (χ3v) is 3.22. The van der Waals surface area contributed by atoms with E-state index in [1.165, 1.54) is 0 Å². The van der Waals surface area contributed by atoms with Crippen molar-refractivity contribution in [2.45, 2.75) is 23.5 Å². The van der Waals surface area contributed by atoms with Crippen LogP contribution in [-0.2, 0) is 6.42 Å². The Morgan fingerprint density at radius 2 is 1.93 bits per heavy atom. The molecule has 0 N–H and O–H groups in total. The second-order valence-corrected chi connectivity index (χ2v) is 4.20. The first-order valence-corrected chi connectivity index (χ1v) is 5.03. The lowest BCUT2D eigenvalue weighted by Gasteiger charge is -2.30. The van der Waals surface area contributed by atoms with Gasteiger partial charge in [-0.2, -0.15) is 13.2 Å². The second kappa shape index (κ2) is 3.68. The van der Waals surface area contributed by atoms with E-state index in [1.807, 2.05) is 0 Å². The molecule has 1 heterocycles. The summed E-state index contributed by atoms with van der Waals surface area (Å²) in [6.07, 6.45) is -4.86. The van der Waals surface area contributed by atoms with E-state index in [4.69, 9.17) is 0 Å².